The van der Waals surface area contributed by atoms with Gasteiger partial charge in [-0.05, 0) is 24.3 Å². The maximum absolute atomic E-state index is 13.3. The summed E-state index contributed by atoms with van der Waals surface area (Å²) < 4.78 is 79.7. The number of halogens is 5. The van der Waals surface area contributed by atoms with Gasteiger partial charge in [-0.25, -0.2) is 4.98 Å². The van der Waals surface area contributed by atoms with Crippen LogP contribution < -0.4 is 14.8 Å². The van der Waals surface area contributed by atoms with Crippen LogP contribution in [-0.2, 0) is 27.0 Å². The zero-order valence-corrected chi connectivity index (χ0v) is 15.8. The van der Waals surface area contributed by atoms with Crippen LogP contribution in [-0.4, -0.2) is 34.3 Å². The highest BCUT2D eigenvalue weighted by Crippen LogP contribution is 2.42. The average molecular weight is 457 g/mol. The van der Waals surface area contributed by atoms with Gasteiger partial charge in [0.15, 0.2) is 18.1 Å². The fourth-order valence-electron chi connectivity index (χ4n) is 3.00. The van der Waals surface area contributed by atoms with Crippen LogP contribution in [0.25, 0.3) is 11.0 Å². The number of para-hydroxylation sites is 2. The smallest absolute Gasteiger partial charge is 0.454 e. The third-order valence-electron chi connectivity index (χ3n) is 4.24. The van der Waals surface area contributed by atoms with Crippen molar-refractivity contribution in [2.45, 2.75) is 19.0 Å². The summed E-state index contributed by atoms with van der Waals surface area (Å²) in [6, 6.07) is 9.17. The fourth-order valence-corrected chi connectivity index (χ4v) is 3.00. The average Bonchev–Trinajstić information content (AvgIpc) is 3.22. The molecule has 8 nitrogen and oxygen atoms in total. The number of benzene rings is 2. The molecule has 2 heterocycles. The van der Waals surface area contributed by atoms with E-state index in [9.17, 15) is 31.5 Å². The van der Waals surface area contributed by atoms with E-state index in [1.54, 1.807) is 0 Å². The van der Waals surface area contributed by atoms with E-state index in [0.717, 1.165) is 12.1 Å². The summed E-state index contributed by atoms with van der Waals surface area (Å²) in [5.74, 6) is -3.78. The maximum Gasteiger partial charge on any atom is 0.586 e. The third kappa shape index (κ3) is 4.40. The minimum atomic E-state index is -4.81. The van der Waals surface area contributed by atoms with Crippen molar-refractivity contribution in [2.75, 3.05) is 11.9 Å². The number of hydrogen-bond donors (Lipinski definition) is 1. The summed E-state index contributed by atoms with van der Waals surface area (Å²) in [4.78, 5) is 27.6. The Hall–Kier alpha value is -3.90. The molecule has 32 heavy (non-hydrogen) atoms. The Bertz CT molecular complexity index is 1210. The first-order valence-corrected chi connectivity index (χ1v) is 8.90. The van der Waals surface area contributed by atoms with Gasteiger partial charge in [-0.2, -0.15) is 13.2 Å². The van der Waals surface area contributed by atoms with Gasteiger partial charge in [0.2, 0.25) is 5.82 Å². The number of ether oxygens (including phenoxy) is 3. The Labute approximate surface area is 175 Å². The van der Waals surface area contributed by atoms with Crippen LogP contribution >= 0.6 is 0 Å². The summed E-state index contributed by atoms with van der Waals surface area (Å²) >= 11 is 0. The number of alkyl halides is 5. The fraction of sp³-hybridized carbons (Fsp3) is 0.211. The van der Waals surface area contributed by atoms with Gasteiger partial charge in [-0.1, -0.05) is 12.1 Å². The van der Waals surface area contributed by atoms with E-state index in [-0.39, 0.29) is 28.2 Å². The number of fused-ring (bicyclic) bond motifs is 2. The van der Waals surface area contributed by atoms with E-state index in [1.165, 1.54) is 30.3 Å². The molecule has 3 aromatic rings. The van der Waals surface area contributed by atoms with E-state index in [0.29, 0.717) is 4.57 Å². The Morgan fingerprint density at radius 2 is 1.81 bits per heavy atom. The molecule has 1 aliphatic rings. The molecule has 0 saturated carbocycles. The number of nitrogens with zero attached hydrogens (tertiary/aromatic N) is 2. The largest absolute Gasteiger partial charge is 0.586 e. The molecule has 0 bridgehead atoms. The summed E-state index contributed by atoms with van der Waals surface area (Å²) in [7, 11) is 0. The molecule has 1 N–H and O–H groups in total. The molecular weight excluding hydrogens is 445 g/mol. The molecule has 0 unspecified atom stereocenters. The molecule has 0 spiro atoms. The zero-order valence-electron chi connectivity index (χ0n) is 15.8. The van der Waals surface area contributed by atoms with E-state index in [4.69, 9.17) is 4.74 Å². The lowest BCUT2D eigenvalue weighted by Gasteiger charge is -2.11. The number of nitrogens with one attached hydrogen (secondary N) is 1. The summed E-state index contributed by atoms with van der Waals surface area (Å²) in [5.41, 5.74) is 0.156. The van der Waals surface area contributed by atoms with Gasteiger partial charge in [-0.3, -0.25) is 9.59 Å². The van der Waals surface area contributed by atoms with Crippen LogP contribution in [0.15, 0.2) is 42.5 Å². The summed E-state index contributed by atoms with van der Waals surface area (Å²) in [6.45, 7) is -1.65. The molecule has 13 heteroatoms. The number of imidazole rings is 1. The highest BCUT2D eigenvalue weighted by molar-refractivity contribution is 5.93. The normalized spacial score (nSPS) is 14.4. The second kappa shape index (κ2) is 7.66. The lowest BCUT2D eigenvalue weighted by molar-refractivity contribution is -0.286. The topological polar surface area (TPSA) is 91.7 Å². The Kier molecular flexibility index (Phi) is 5.11. The predicted molar refractivity (Wildman–Crippen MR) is 97.0 cm³/mol. The van der Waals surface area contributed by atoms with Gasteiger partial charge in [0.05, 0.1) is 11.0 Å². The molecule has 168 valence electrons. The van der Waals surface area contributed by atoms with Gasteiger partial charge in [0.1, 0.15) is 6.54 Å². The number of hydrogen-bond acceptors (Lipinski definition) is 6. The number of rotatable bonds is 5. The highest BCUT2D eigenvalue weighted by atomic mass is 19.4. The van der Waals surface area contributed by atoms with Crippen LogP contribution in [0.1, 0.15) is 5.82 Å². The van der Waals surface area contributed by atoms with Crippen molar-refractivity contribution < 1.29 is 45.8 Å². The monoisotopic (exact) mass is 457 g/mol. The molecule has 2 aromatic carbocycles. The van der Waals surface area contributed by atoms with Gasteiger partial charge < -0.3 is 24.1 Å². The first kappa shape index (κ1) is 21.3. The molecule has 1 aliphatic heterocycles. The standard InChI is InChI=1S/C19H12F5N3O5/c20-18(21,22)17-26-11-3-1-2-4-12(11)27(17)8-16(29)30-9-15(28)25-10-5-6-13-14(7-10)32-19(23,24)31-13/h1-7H,8-9H2,(H,25,28). The Morgan fingerprint density at radius 1 is 1.09 bits per heavy atom. The molecule has 0 fully saturated rings. The Morgan fingerprint density at radius 3 is 2.56 bits per heavy atom. The van der Waals surface area contributed by atoms with Crippen LogP contribution in [0, 0.1) is 0 Å². The van der Waals surface area contributed by atoms with E-state index >= 15 is 0 Å². The zero-order chi connectivity index (χ0) is 23.1. The maximum atomic E-state index is 13.3. The predicted octanol–water partition coefficient (Wildman–Crippen LogP) is 3.56. The molecular formula is C19H12F5N3O5. The number of carbonyl (C=O) groups is 2. The third-order valence-corrected chi connectivity index (χ3v) is 4.24. The van der Waals surface area contributed by atoms with Crippen LogP contribution in [0.3, 0.4) is 0 Å². The summed E-state index contributed by atoms with van der Waals surface area (Å²) in [6.07, 6.45) is -8.64. The van der Waals surface area contributed by atoms with Crippen molar-refractivity contribution in [1.29, 1.82) is 0 Å². The van der Waals surface area contributed by atoms with Crippen LogP contribution in [0.5, 0.6) is 11.5 Å². The molecule has 4 rings (SSSR count). The number of amides is 1. The van der Waals surface area contributed by atoms with Gasteiger partial charge in [-0.15, -0.1) is 8.78 Å². The van der Waals surface area contributed by atoms with Crippen LogP contribution in [0.2, 0.25) is 0 Å². The SMILES string of the molecule is O=C(COC(=O)Cn1c(C(F)(F)F)nc2ccccc21)Nc1ccc2c(c1)OC(F)(F)O2. The Balaban J connectivity index is 1.39. The second-order valence-electron chi connectivity index (χ2n) is 6.55. The molecule has 0 aliphatic carbocycles. The van der Waals surface area contributed by atoms with Crippen molar-refractivity contribution in [2.24, 2.45) is 0 Å². The van der Waals surface area contributed by atoms with Gasteiger partial charge >= 0.3 is 18.4 Å². The van der Waals surface area contributed by atoms with E-state index in [1.807, 2.05) is 0 Å². The lowest BCUT2D eigenvalue weighted by Crippen LogP contribution is -2.26. The van der Waals surface area contributed by atoms with Crippen molar-refractivity contribution in [3.63, 3.8) is 0 Å². The van der Waals surface area contributed by atoms with Gasteiger partial charge in [0.25, 0.3) is 5.91 Å². The minimum absolute atomic E-state index is 0.0405. The van der Waals surface area contributed by atoms with Crippen molar-refractivity contribution in [3.05, 3.63) is 48.3 Å². The highest BCUT2D eigenvalue weighted by Gasteiger charge is 2.43. The minimum Gasteiger partial charge on any atom is -0.454 e. The van der Waals surface area contributed by atoms with Crippen molar-refractivity contribution in [3.8, 4) is 11.5 Å². The molecule has 1 aromatic heterocycles. The second-order valence-corrected chi connectivity index (χ2v) is 6.55. The van der Waals surface area contributed by atoms with Crippen LogP contribution in [0.4, 0.5) is 27.6 Å². The number of esters is 1. The number of anilines is 1. The first-order chi connectivity index (χ1) is 15.0. The quantitative estimate of drug-likeness (QED) is 0.466. The summed E-state index contributed by atoms with van der Waals surface area (Å²) in [5, 5.41) is 2.28. The molecule has 0 radical (unpaired) electrons. The first-order valence-electron chi connectivity index (χ1n) is 8.90. The lowest BCUT2D eigenvalue weighted by atomic mass is 10.3. The molecule has 1 amide bonds. The van der Waals surface area contributed by atoms with Crippen molar-refractivity contribution >= 4 is 28.6 Å². The van der Waals surface area contributed by atoms with E-state index < -0.39 is 43.3 Å². The van der Waals surface area contributed by atoms with E-state index in [2.05, 4.69) is 19.8 Å². The number of carbonyl (C=O) groups excluding carboxylic acids is 2. The van der Waals surface area contributed by atoms with Gasteiger partial charge in [0, 0.05) is 11.8 Å². The van der Waals surface area contributed by atoms with Crippen molar-refractivity contribution in [1.82, 2.24) is 9.55 Å². The molecule has 0 saturated heterocycles. The number of aromatic nitrogens is 2. The molecule has 0 atom stereocenters.